The van der Waals surface area contributed by atoms with E-state index in [4.69, 9.17) is 22.1 Å². The van der Waals surface area contributed by atoms with Crippen molar-refractivity contribution in [2.75, 3.05) is 31.2 Å². The van der Waals surface area contributed by atoms with Gasteiger partial charge in [0.05, 0.1) is 17.0 Å². The first-order valence-electron chi connectivity index (χ1n) is 11.0. The van der Waals surface area contributed by atoms with Gasteiger partial charge in [0.2, 0.25) is 5.91 Å². The topological polar surface area (TPSA) is 109 Å². The Balaban J connectivity index is 1.43. The molecule has 32 heavy (non-hydrogen) atoms. The van der Waals surface area contributed by atoms with Crippen LogP contribution in [0.25, 0.3) is 11.0 Å². The van der Waals surface area contributed by atoms with Crippen molar-refractivity contribution < 1.29 is 9.53 Å². The number of aromatic amines is 1. The quantitative estimate of drug-likeness (QED) is 0.449. The minimum atomic E-state index is -0.933. The summed E-state index contributed by atoms with van der Waals surface area (Å²) in [5, 5.41) is 4.80. The smallest absolute Gasteiger partial charge is 0.240 e. The summed E-state index contributed by atoms with van der Waals surface area (Å²) in [7, 11) is 0. The first-order valence-corrected chi connectivity index (χ1v) is 11.3. The number of H-pyrrole nitrogens is 1. The van der Waals surface area contributed by atoms with Gasteiger partial charge in [-0.1, -0.05) is 23.7 Å². The van der Waals surface area contributed by atoms with Gasteiger partial charge in [0.25, 0.3) is 0 Å². The number of hydrogen-bond acceptors (Lipinski definition) is 6. The molecule has 9 heteroatoms. The van der Waals surface area contributed by atoms with Gasteiger partial charge in [0.15, 0.2) is 0 Å². The summed E-state index contributed by atoms with van der Waals surface area (Å²) in [4.78, 5) is 27.3. The Morgan fingerprint density at radius 3 is 2.75 bits per heavy atom. The van der Waals surface area contributed by atoms with E-state index in [0.29, 0.717) is 50.6 Å². The first-order chi connectivity index (χ1) is 15.5. The molecule has 3 heterocycles. The second-order valence-corrected chi connectivity index (χ2v) is 8.58. The minimum Gasteiger partial charge on any atom is -0.382 e. The molecular weight excluding hydrogens is 428 g/mol. The fraction of sp³-hybridized carbons (Fsp3) is 0.435. The average molecular weight is 457 g/mol. The zero-order valence-electron chi connectivity index (χ0n) is 18.2. The van der Waals surface area contributed by atoms with Gasteiger partial charge >= 0.3 is 0 Å². The van der Waals surface area contributed by atoms with Crippen LogP contribution in [0.3, 0.4) is 0 Å². The molecule has 0 radical (unpaired) electrons. The molecule has 0 aliphatic carbocycles. The van der Waals surface area contributed by atoms with Crippen LogP contribution in [0.4, 0.5) is 5.82 Å². The molecule has 1 unspecified atom stereocenters. The Labute approximate surface area is 192 Å². The van der Waals surface area contributed by atoms with Gasteiger partial charge in [0, 0.05) is 37.5 Å². The van der Waals surface area contributed by atoms with E-state index in [2.05, 4.69) is 25.2 Å². The minimum absolute atomic E-state index is 0.136. The maximum Gasteiger partial charge on any atom is 0.240 e. The Morgan fingerprint density at radius 1 is 1.28 bits per heavy atom. The number of nitrogens with two attached hydrogens (primary N) is 1. The number of benzene rings is 1. The van der Waals surface area contributed by atoms with Gasteiger partial charge < -0.3 is 25.7 Å². The number of aromatic nitrogens is 3. The highest BCUT2D eigenvalue weighted by atomic mass is 35.5. The van der Waals surface area contributed by atoms with Crippen LogP contribution >= 0.6 is 11.6 Å². The molecule has 1 aliphatic rings. The molecular formula is C23H29ClN6O2. The Hall–Kier alpha value is -2.68. The van der Waals surface area contributed by atoms with Gasteiger partial charge in [-0.3, -0.25) is 4.79 Å². The van der Waals surface area contributed by atoms with Crippen molar-refractivity contribution in [3.8, 4) is 0 Å². The highest BCUT2D eigenvalue weighted by Gasteiger charge is 2.39. The summed E-state index contributed by atoms with van der Waals surface area (Å²) in [6, 6.07) is 9.31. The third kappa shape index (κ3) is 4.87. The summed E-state index contributed by atoms with van der Waals surface area (Å²) in [5.74, 6) is 0.734. The maximum absolute atomic E-state index is 13.3. The van der Waals surface area contributed by atoms with Crippen LogP contribution in [0.15, 0.2) is 42.9 Å². The molecule has 170 valence electrons. The van der Waals surface area contributed by atoms with Gasteiger partial charge in [-0.2, -0.15) is 0 Å². The van der Waals surface area contributed by atoms with Crippen LogP contribution in [0.1, 0.15) is 37.8 Å². The summed E-state index contributed by atoms with van der Waals surface area (Å²) >= 11 is 6.04. The normalized spacial score (nSPS) is 16.8. The molecule has 3 aromatic rings. The third-order valence-corrected chi connectivity index (χ3v) is 6.33. The van der Waals surface area contributed by atoms with Crippen LogP contribution < -0.4 is 16.0 Å². The Bertz CT molecular complexity index is 1050. The van der Waals surface area contributed by atoms with Crippen molar-refractivity contribution >= 4 is 34.4 Å². The fourth-order valence-corrected chi connectivity index (χ4v) is 4.25. The summed E-state index contributed by atoms with van der Waals surface area (Å²) in [5.41, 5.74) is 7.47. The molecule has 1 saturated heterocycles. The average Bonchev–Trinajstić information content (AvgIpc) is 3.29. The van der Waals surface area contributed by atoms with Gasteiger partial charge in [0.1, 0.15) is 17.8 Å². The molecule has 4 N–H and O–H groups in total. The molecule has 4 rings (SSSR count). The number of rotatable bonds is 8. The van der Waals surface area contributed by atoms with E-state index in [1.54, 1.807) is 6.33 Å². The van der Waals surface area contributed by atoms with E-state index in [1.807, 2.05) is 43.5 Å². The largest absolute Gasteiger partial charge is 0.382 e. The lowest BCUT2D eigenvalue weighted by Crippen LogP contribution is -2.60. The first kappa shape index (κ1) is 22.5. The number of nitrogens with one attached hydrogen (secondary N) is 2. The number of carbonyl (C=O) groups excluding carboxylic acids is 1. The van der Waals surface area contributed by atoms with E-state index in [-0.39, 0.29) is 11.9 Å². The van der Waals surface area contributed by atoms with Crippen LogP contribution in [-0.4, -0.2) is 52.7 Å². The van der Waals surface area contributed by atoms with Crippen LogP contribution in [0.5, 0.6) is 0 Å². The molecule has 2 aromatic heterocycles. The predicted octanol–water partition coefficient (Wildman–Crippen LogP) is 3.19. The van der Waals surface area contributed by atoms with Gasteiger partial charge in [-0.05, 0) is 49.9 Å². The SMILES string of the molecule is CCOCCC(NC(=O)C1(N)CCN(c2ncnc3[nH]ccc23)CC1)c1ccc(Cl)cc1. The Morgan fingerprint density at radius 2 is 2.03 bits per heavy atom. The van der Waals surface area contributed by atoms with E-state index in [1.165, 1.54) is 0 Å². The number of fused-ring (bicyclic) bond motifs is 1. The number of ether oxygens (including phenoxy) is 1. The van der Waals surface area contributed by atoms with E-state index in [9.17, 15) is 4.79 Å². The van der Waals surface area contributed by atoms with Crippen LogP contribution in [0, 0.1) is 0 Å². The van der Waals surface area contributed by atoms with E-state index in [0.717, 1.165) is 22.4 Å². The highest BCUT2D eigenvalue weighted by molar-refractivity contribution is 6.30. The number of piperidine rings is 1. The molecule has 1 aromatic carbocycles. The molecule has 0 saturated carbocycles. The molecule has 0 bridgehead atoms. The lowest BCUT2D eigenvalue weighted by atomic mass is 9.87. The van der Waals surface area contributed by atoms with Crippen molar-refractivity contribution in [1.82, 2.24) is 20.3 Å². The summed E-state index contributed by atoms with van der Waals surface area (Å²) in [6.07, 6.45) is 5.14. The number of hydrogen-bond donors (Lipinski definition) is 3. The molecule has 1 fully saturated rings. The fourth-order valence-electron chi connectivity index (χ4n) is 4.12. The standard InChI is InChI=1S/C23H29ClN6O2/c1-2-32-14-8-19(16-3-5-17(24)6-4-16)29-22(31)23(25)9-12-30(13-10-23)21-18-7-11-26-20(18)27-15-28-21/h3-7,11,15,19H,2,8-10,12-14,25H2,1H3,(H,29,31)(H,26,27,28). The number of amides is 1. The van der Waals surface area contributed by atoms with Crippen LogP contribution in [0.2, 0.25) is 5.02 Å². The lowest BCUT2D eigenvalue weighted by molar-refractivity contribution is -0.128. The van der Waals surface area contributed by atoms with Gasteiger partial charge in [-0.25, -0.2) is 9.97 Å². The Kier molecular flexibility index (Phi) is 6.93. The molecule has 1 amide bonds. The van der Waals surface area contributed by atoms with Crippen molar-refractivity contribution in [2.24, 2.45) is 5.73 Å². The molecule has 1 aliphatic heterocycles. The van der Waals surface area contributed by atoms with Crippen molar-refractivity contribution in [3.63, 3.8) is 0 Å². The van der Waals surface area contributed by atoms with E-state index >= 15 is 0 Å². The second kappa shape index (κ2) is 9.85. The zero-order valence-corrected chi connectivity index (χ0v) is 18.9. The summed E-state index contributed by atoms with van der Waals surface area (Å²) in [6.45, 7) is 4.43. The van der Waals surface area contributed by atoms with Crippen molar-refractivity contribution in [1.29, 1.82) is 0 Å². The third-order valence-electron chi connectivity index (χ3n) is 6.07. The predicted molar refractivity (Wildman–Crippen MR) is 126 cm³/mol. The van der Waals surface area contributed by atoms with Crippen molar-refractivity contribution in [3.05, 3.63) is 53.4 Å². The zero-order chi connectivity index (χ0) is 22.6. The number of anilines is 1. The number of carbonyl (C=O) groups is 1. The maximum atomic E-state index is 13.3. The lowest BCUT2D eigenvalue weighted by Gasteiger charge is -2.39. The van der Waals surface area contributed by atoms with Crippen molar-refractivity contribution in [2.45, 2.75) is 37.8 Å². The molecule has 1 atom stereocenters. The second-order valence-electron chi connectivity index (χ2n) is 8.14. The number of nitrogens with zero attached hydrogens (tertiary/aromatic N) is 3. The molecule has 8 nitrogen and oxygen atoms in total. The van der Waals surface area contributed by atoms with Crippen LogP contribution in [-0.2, 0) is 9.53 Å². The highest BCUT2D eigenvalue weighted by Crippen LogP contribution is 2.29. The molecule has 0 spiro atoms. The summed E-state index contributed by atoms with van der Waals surface area (Å²) < 4.78 is 5.52. The monoisotopic (exact) mass is 456 g/mol. The van der Waals surface area contributed by atoms with E-state index < -0.39 is 5.54 Å². The van der Waals surface area contributed by atoms with Gasteiger partial charge in [-0.15, -0.1) is 0 Å². The number of halogens is 1.